The maximum atomic E-state index is 13.9. The molecule has 0 saturated heterocycles. The molecule has 4 rings (SSSR count). The van der Waals surface area contributed by atoms with Gasteiger partial charge in [-0.1, -0.05) is 39.0 Å². The van der Waals surface area contributed by atoms with Crippen molar-refractivity contribution in [1.29, 1.82) is 0 Å². The van der Waals surface area contributed by atoms with Crippen molar-refractivity contribution in [2.45, 2.75) is 45.7 Å². The lowest BCUT2D eigenvalue weighted by molar-refractivity contribution is 0.240. The third kappa shape index (κ3) is 4.12. The summed E-state index contributed by atoms with van der Waals surface area (Å²) in [4.78, 5) is 26.9. The molecule has 0 atom stereocenters. The Morgan fingerprint density at radius 3 is 2.66 bits per heavy atom. The van der Waals surface area contributed by atoms with Crippen LogP contribution in [0, 0.1) is 5.82 Å². The van der Waals surface area contributed by atoms with Crippen molar-refractivity contribution in [3.05, 3.63) is 81.4 Å². The maximum absolute atomic E-state index is 13.9. The summed E-state index contributed by atoms with van der Waals surface area (Å²) in [6.45, 7) is 8.23. The monoisotopic (exact) mass is 392 g/mol. The molecular weight excluding hydrogens is 367 g/mol. The lowest BCUT2D eigenvalue weighted by Gasteiger charge is -2.28. The first-order chi connectivity index (χ1) is 13.8. The second-order valence-electron chi connectivity index (χ2n) is 8.58. The number of aromatic nitrogens is 3. The fraction of sp³-hybridized carbons (Fsp3) is 0.348. The Kier molecular flexibility index (Phi) is 5.04. The molecule has 1 aliphatic heterocycles. The zero-order valence-corrected chi connectivity index (χ0v) is 17.0. The first kappa shape index (κ1) is 19.5. The molecule has 0 aliphatic carbocycles. The van der Waals surface area contributed by atoms with Crippen LogP contribution >= 0.6 is 0 Å². The van der Waals surface area contributed by atoms with Crippen molar-refractivity contribution < 1.29 is 4.39 Å². The van der Waals surface area contributed by atoms with Crippen LogP contribution in [0.3, 0.4) is 0 Å². The van der Waals surface area contributed by atoms with E-state index in [1.165, 1.54) is 6.07 Å². The Morgan fingerprint density at radius 1 is 1.17 bits per heavy atom. The highest BCUT2D eigenvalue weighted by atomic mass is 19.1. The van der Waals surface area contributed by atoms with E-state index in [2.05, 4.69) is 14.9 Å². The fourth-order valence-electron chi connectivity index (χ4n) is 3.58. The average molecular weight is 392 g/mol. The molecule has 3 aromatic rings. The van der Waals surface area contributed by atoms with Gasteiger partial charge in [0.15, 0.2) is 0 Å². The van der Waals surface area contributed by atoms with Crippen LogP contribution < -0.4 is 5.56 Å². The van der Waals surface area contributed by atoms with Gasteiger partial charge in [-0.05, 0) is 23.8 Å². The summed E-state index contributed by atoms with van der Waals surface area (Å²) in [5, 5.41) is 0. The van der Waals surface area contributed by atoms with Crippen LogP contribution in [-0.4, -0.2) is 26.4 Å². The van der Waals surface area contributed by atoms with Crippen molar-refractivity contribution in [2.24, 2.45) is 0 Å². The number of halogens is 1. The van der Waals surface area contributed by atoms with E-state index in [0.717, 1.165) is 35.6 Å². The van der Waals surface area contributed by atoms with Crippen molar-refractivity contribution in [3.63, 3.8) is 0 Å². The van der Waals surface area contributed by atoms with Crippen LogP contribution in [0.2, 0.25) is 0 Å². The smallest absolute Gasteiger partial charge is 0.255 e. The minimum Gasteiger partial charge on any atom is -0.310 e. The van der Waals surface area contributed by atoms with E-state index in [-0.39, 0.29) is 16.8 Å². The summed E-state index contributed by atoms with van der Waals surface area (Å²) in [7, 11) is 0. The molecular formula is C23H25FN4O. The Bertz CT molecular complexity index is 1080. The minimum absolute atomic E-state index is 0.0438. The zero-order valence-electron chi connectivity index (χ0n) is 17.0. The highest BCUT2D eigenvalue weighted by molar-refractivity contribution is 5.59. The molecule has 6 heteroatoms. The highest BCUT2D eigenvalue weighted by Gasteiger charge is 2.24. The van der Waals surface area contributed by atoms with Crippen molar-refractivity contribution >= 4 is 0 Å². The molecule has 0 saturated carbocycles. The third-order valence-electron chi connectivity index (χ3n) is 5.24. The Labute approximate surface area is 169 Å². The number of nitrogens with one attached hydrogen (secondary N) is 1. The molecule has 5 nitrogen and oxygen atoms in total. The number of benzene rings is 1. The second kappa shape index (κ2) is 7.52. The van der Waals surface area contributed by atoms with E-state index in [1.807, 2.05) is 32.9 Å². The van der Waals surface area contributed by atoms with E-state index >= 15 is 0 Å². The largest absolute Gasteiger partial charge is 0.310 e. The van der Waals surface area contributed by atoms with E-state index in [0.29, 0.717) is 24.3 Å². The highest BCUT2D eigenvalue weighted by Crippen LogP contribution is 2.23. The van der Waals surface area contributed by atoms with Crippen LogP contribution in [0.5, 0.6) is 0 Å². The van der Waals surface area contributed by atoms with Gasteiger partial charge in [0.1, 0.15) is 11.6 Å². The molecule has 0 unspecified atom stereocenters. The Hall–Kier alpha value is -2.86. The van der Waals surface area contributed by atoms with Crippen LogP contribution in [0.15, 0.2) is 47.4 Å². The van der Waals surface area contributed by atoms with Gasteiger partial charge in [0.25, 0.3) is 5.56 Å². The van der Waals surface area contributed by atoms with Crippen molar-refractivity contribution in [2.75, 3.05) is 6.54 Å². The molecule has 1 aromatic carbocycles. The number of hydrogen-bond donors (Lipinski definition) is 1. The number of pyridine rings is 1. The van der Waals surface area contributed by atoms with Gasteiger partial charge in [-0.3, -0.25) is 14.7 Å². The minimum atomic E-state index is -0.276. The van der Waals surface area contributed by atoms with Gasteiger partial charge in [0, 0.05) is 43.2 Å². The van der Waals surface area contributed by atoms with Gasteiger partial charge in [-0.25, -0.2) is 9.37 Å². The van der Waals surface area contributed by atoms with Gasteiger partial charge in [-0.15, -0.1) is 0 Å². The number of hydrogen-bond acceptors (Lipinski definition) is 4. The summed E-state index contributed by atoms with van der Waals surface area (Å²) >= 11 is 0. The predicted octanol–water partition coefficient (Wildman–Crippen LogP) is 3.83. The maximum Gasteiger partial charge on any atom is 0.255 e. The lowest BCUT2D eigenvalue weighted by atomic mass is 9.95. The van der Waals surface area contributed by atoms with Crippen molar-refractivity contribution in [3.8, 4) is 11.3 Å². The molecule has 0 amide bonds. The number of aromatic amines is 1. The van der Waals surface area contributed by atoms with Crippen molar-refractivity contribution in [1.82, 2.24) is 19.9 Å². The fourth-order valence-corrected chi connectivity index (χ4v) is 3.58. The normalized spacial score (nSPS) is 14.6. The number of nitrogens with zero attached hydrogens (tertiary/aromatic N) is 3. The first-order valence-corrected chi connectivity index (χ1v) is 9.86. The molecule has 150 valence electrons. The summed E-state index contributed by atoms with van der Waals surface area (Å²) < 4.78 is 13.9. The van der Waals surface area contributed by atoms with Gasteiger partial charge >= 0.3 is 0 Å². The second-order valence-corrected chi connectivity index (χ2v) is 8.58. The number of H-pyrrole nitrogens is 1. The Balaban J connectivity index is 1.50. The van der Waals surface area contributed by atoms with Gasteiger partial charge in [0.05, 0.1) is 17.0 Å². The van der Waals surface area contributed by atoms with Crippen LogP contribution in [0.1, 0.15) is 43.4 Å². The van der Waals surface area contributed by atoms with Crippen LogP contribution in [0.4, 0.5) is 4.39 Å². The average Bonchev–Trinajstić information content (AvgIpc) is 2.69. The van der Waals surface area contributed by atoms with Crippen LogP contribution in [-0.2, 0) is 24.9 Å². The SMILES string of the molecule is CC(C)(C)c1nc2c(c(=O)[nH]1)CN(Cc1ccc(-c3ccccc3F)nc1)CC2. The van der Waals surface area contributed by atoms with E-state index in [1.54, 1.807) is 24.4 Å². The molecule has 3 heterocycles. The van der Waals surface area contributed by atoms with Gasteiger partial charge < -0.3 is 4.98 Å². The number of rotatable bonds is 3. The summed E-state index contributed by atoms with van der Waals surface area (Å²) in [6, 6.07) is 10.4. The topological polar surface area (TPSA) is 61.9 Å². The molecule has 0 spiro atoms. The van der Waals surface area contributed by atoms with E-state index < -0.39 is 0 Å². The molecule has 29 heavy (non-hydrogen) atoms. The summed E-state index contributed by atoms with van der Waals surface area (Å²) in [6.07, 6.45) is 2.53. The molecule has 1 aliphatic rings. The molecule has 2 aromatic heterocycles. The van der Waals surface area contributed by atoms with E-state index in [9.17, 15) is 9.18 Å². The number of fused-ring (bicyclic) bond motifs is 1. The third-order valence-corrected chi connectivity index (χ3v) is 5.24. The summed E-state index contributed by atoms with van der Waals surface area (Å²) in [5.41, 5.74) is 3.58. The molecule has 1 N–H and O–H groups in total. The van der Waals surface area contributed by atoms with Gasteiger partial charge in [-0.2, -0.15) is 0 Å². The summed E-state index contributed by atoms with van der Waals surface area (Å²) in [5.74, 6) is 0.462. The predicted molar refractivity (Wildman–Crippen MR) is 111 cm³/mol. The molecule has 0 bridgehead atoms. The Morgan fingerprint density at radius 2 is 1.97 bits per heavy atom. The zero-order chi connectivity index (χ0) is 20.6. The molecule has 0 fully saturated rings. The first-order valence-electron chi connectivity index (χ1n) is 9.86. The standard InChI is InChI=1S/C23H25FN4O/c1-23(2,3)22-26-20-10-11-28(14-17(20)21(29)27-22)13-15-8-9-19(25-12-15)16-6-4-5-7-18(16)24/h4-9,12H,10-11,13-14H2,1-3H3,(H,26,27,29). The van der Waals surface area contributed by atoms with E-state index in [4.69, 9.17) is 4.98 Å². The van der Waals surface area contributed by atoms with Gasteiger partial charge in [0.2, 0.25) is 0 Å². The quantitative estimate of drug-likeness (QED) is 0.736. The molecule has 0 radical (unpaired) electrons. The van der Waals surface area contributed by atoms with Crippen LogP contribution in [0.25, 0.3) is 11.3 Å². The lowest BCUT2D eigenvalue weighted by Crippen LogP contribution is -2.37.